The molecule has 1 atom stereocenters. The van der Waals surface area contributed by atoms with Crippen LogP contribution in [0.4, 0.5) is 0 Å². The van der Waals surface area contributed by atoms with E-state index in [2.05, 4.69) is 29.2 Å². The fraction of sp³-hybridized carbons (Fsp3) is 0.800. The Labute approximate surface area is 84.7 Å². The van der Waals surface area contributed by atoms with Gasteiger partial charge in [0.2, 0.25) is 0 Å². The summed E-state index contributed by atoms with van der Waals surface area (Å²) in [5, 5.41) is 7.76. The maximum absolute atomic E-state index is 4.21. The predicted octanol–water partition coefficient (Wildman–Crippen LogP) is 0.838. The molecule has 0 amide bonds. The smallest absolute Gasteiger partial charge is 0.138 e. The van der Waals surface area contributed by atoms with Gasteiger partial charge >= 0.3 is 0 Å². The maximum atomic E-state index is 4.21. The van der Waals surface area contributed by atoms with Gasteiger partial charge in [0, 0.05) is 12.5 Å². The van der Waals surface area contributed by atoms with Crippen LogP contribution in [-0.4, -0.2) is 27.4 Å². The van der Waals surface area contributed by atoms with E-state index in [1.807, 2.05) is 4.68 Å². The summed E-state index contributed by atoms with van der Waals surface area (Å²) < 4.78 is 2.02. The number of fused-ring (bicyclic) bond motifs is 1. The Bertz CT molecular complexity index is 292. The van der Waals surface area contributed by atoms with E-state index in [0.717, 1.165) is 25.3 Å². The fourth-order valence-electron chi connectivity index (χ4n) is 1.81. The van der Waals surface area contributed by atoms with Crippen LogP contribution in [0, 0.1) is 5.92 Å². The molecule has 0 bridgehead atoms. The molecule has 14 heavy (non-hydrogen) atoms. The number of rotatable bonds is 3. The molecule has 2 rings (SSSR count). The van der Waals surface area contributed by atoms with Crippen molar-refractivity contribution in [3.8, 4) is 0 Å². The van der Waals surface area contributed by atoms with E-state index in [-0.39, 0.29) is 0 Å². The van der Waals surface area contributed by atoms with Crippen molar-refractivity contribution in [1.82, 2.24) is 20.1 Å². The molecule has 0 radical (unpaired) electrons. The first kappa shape index (κ1) is 9.65. The van der Waals surface area contributed by atoms with Gasteiger partial charge in [-0.15, -0.1) is 0 Å². The highest BCUT2D eigenvalue weighted by Gasteiger charge is 2.18. The number of hydrogen-bond donors (Lipinski definition) is 1. The van der Waals surface area contributed by atoms with Crippen molar-refractivity contribution >= 4 is 0 Å². The first-order chi connectivity index (χ1) is 6.75. The lowest BCUT2D eigenvalue weighted by Crippen LogP contribution is -2.39. The van der Waals surface area contributed by atoms with Crippen LogP contribution in [0.25, 0.3) is 0 Å². The van der Waals surface area contributed by atoms with Gasteiger partial charge in [-0.05, 0) is 18.9 Å². The summed E-state index contributed by atoms with van der Waals surface area (Å²) in [6.07, 6.45) is 3.89. The monoisotopic (exact) mass is 194 g/mol. The minimum absolute atomic E-state index is 0.576. The van der Waals surface area contributed by atoms with Gasteiger partial charge in [0.05, 0.1) is 6.54 Å². The molecule has 0 saturated carbocycles. The second-order valence-electron chi connectivity index (χ2n) is 4.40. The third-order valence-corrected chi connectivity index (χ3v) is 2.62. The van der Waals surface area contributed by atoms with Crippen molar-refractivity contribution in [3.63, 3.8) is 0 Å². The van der Waals surface area contributed by atoms with Crippen molar-refractivity contribution in [2.75, 3.05) is 6.54 Å². The zero-order valence-electron chi connectivity index (χ0n) is 8.90. The van der Waals surface area contributed by atoms with E-state index >= 15 is 0 Å². The second-order valence-corrected chi connectivity index (χ2v) is 4.40. The van der Waals surface area contributed by atoms with Crippen molar-refractivity contribution in [3.05, 3.63) is 12.2 Å². The lowest BCUT2D eigenvalue weighted by molar-refractivity contribution is 0.345. The zero-order valence-corrected chi connectivity index (χ0v) is 8.90. The third-order valence-electron chi connectivity index (χ3n) is 2.62. The predicted molar refractivity (Wildman–Crippen MR) is 55.0 cm³/mol. The third kappa shape index (κ3) is 2.12. The van der Waals surface area contributed by atoms with Gasteiger partial charge < -0.3 is 5.32 Å². The van der Waals surface area contributed by atoms with E-state index in [1.165, 1.54) is 6.42 Å². The number of nitrogens with zero attached hydrogens (tertiary/aromatic N) is 3. The molecule has 2 heterocycles. The molecule has 1 N–H and O–H groups in total. The van der Waals surface area contributed by atoms with E-state index < -0.39 is 0 Å². The van der Waals surface area contributed by atoms with Crippen LogP contribution in [-0.2, 0) is 13.0 Å². The minimum Gasteiger partial charge on any atom is -0.312 e. The molecule has 0 aliphatic carbocycles. The summed E-state index contributed by atoms with van der Waals surface area (Å²) in [5.74, 6) is 1.85. The van der Waals surface area contributed by atoms with Gasteiger partial charge in [-0.3, -0.25) is 0 Å². The average molecular weight is 194 g/mol. The Kier molecular flexibility index (Phi) is 2.82. The average Bonchev–Trinajstić information content (AvgIpc) is 2.61. The lowest BCUT2D eigenvalue weighted by atomic mass is 10.1. The lowest BCUT2D eigenvalue weighted by Gasteiger charge is -2.24. The number of nitrogens with one attached hydrogen (secondary N) is 1. The van der Waals surface area contributed by atoms with E-state index in [4.69, 9.17) is 0 Å². The van der Waals surface area contributed by atoms with Crippen molar-refractivity contribution < 1.29 is 0 Å². The fourth-order valence-corrected chi connectivity index (χ4v) is 1.81. The van der Waals surface area contributed by atoms with Crippen LogP contribution < -0.4 is 5.32 Å². The highest BCUT2D eigenvalue weighted by atomic mass is 15.3. The van der Waals surface area contributed by atoms with Gasteiger partial charge in [0.15, 0.2) is 0 Å². The molecule has 4 nitrogen and oxygen atoms in total. The van der Waals surface area contributed by atoms with Gasteiger partial charge in [0.1, 0.15) is 12.2 Å². The normalized spacial score (nSPS) is 21.2. The second kappa shape index (κ2) is 4.09. The zero-order chi connectivity index (χ0) is 9.97. The van der Waals surface area contributed by atoms with E-state index in [9.17, 15) is 0 Å². The number of aromatic nitrogens is 3. The van der Waals surface area contributed by atoms with Crippen molar-refractivity contribution in [2.24, 2.45) is 5.92 Å². The Morgan fingerprint density at radius 1 is 1.64 bits per heavy atom. The Morgan fingerprint density at radius 3 is 3.29 bits per heavy atom. The summed E-state index contributed by atoms with van der Waals surface area (Å²) in [4.78, 5) is 4.21. The number of aryl methyl sites for hydroxylation is 1. The molecule has 0 saturated heterocycles. The molecule has 1 aliphatic rings. The summed E-state index contributed by atoms with van der Waals surface area (Å²) in [6.45, 7) is 6.53. The SMILES string of the molecule is CC(C)CNC1CCc2ncnn2C1. The number of hydrogen-bond acceptors (Lipinski definition) is 3. The van der Waals surface area contributed by atoms with Crippen LogP contribution in [0.15, 0.2) is 6.33 Å². The van der Waals surface area contributed by atoms with Gasteiger partial charge in [-0.1, -0.05) is 13.8 Å². The molecule has 4 heteroatoms. The molecular weight excluding hydrogens is 176 g/mol. The van der Waals surface area contributed by atoms with Crippen LogP contribution in [0.3, 0.4) is 0 Å². The van der Waals surface area contributed by atoms with Crippen LogP contribution in [0.5, 0.6) is 0 Å². The van der Waals surface area contributed by atoms with E-state index in [1.54, 1.807) is 6.33 Å². The highest BCUT2D eigenvalue weighted by Crippen LogP contribution is 2.11. The first-order valence-corrected chi connectivity index (χ1v) is 5.36. The van der Waals surface area contributed by atoms with Crippen molar-refractivity contribution in [1.29, 1.82) is 0 Å². The summed E-state index contributed by atoms with van der Waals surface area (Å²) in [6, 6.07) is 0.576. The highest BCUT2D eigenvalue weighted by molar-refractivity contribution is 4.92. The molecule has 1 unspecified atom stereocenters. The molecule has 1 aliphatic heterocycles. The summed E-state index contributed by atoms with van der Waals surface area (Å²) >= 11 is 0. The molecular formula is C10H18N4. The van der Waals surface area contributed by atoms with Gasteiger partial charge in [0.25, 0.3) is 0 Å². The molecule has 0 aromatic carbocycles. The van der Waals surface area contributed by atoms with Gasteiger partial charge in [-0.2, -0.15) is 5.10 Å². The van der Waals surface area contributed by atoms with Crippen LogP contribution >= 0.6 is 0 Å². The summed E-state index contributed by atoms with van der Waals surface area (Å²) in [7, 11) is 0. The first-order valence-electron chi connectivity index (χ1n) is 5.36. The Morgan fingerprint density at radius 2 is 2.50 bits per heavy atom. The molecule has 1 aromatic rings. The molecule has 1 aromatic heterocycles. The maximum Gasteiger partial charge on any atom is 0.138 e. The van der Waals surface area contributed by atoms with Gasteiger partial charge in [-0.25, -0.2) is 9.67 Å². The van der Waals surface area contributed by atoms with Crippen molar-refractivity contribution in [2.45, 2.75) is 39.3 Å². The topological polar surface area (TPSA) is 42.7 Å². The van der Waals surface area contributed by atoms with Crippen LogP contribution in [0.1, 0.15) is 26.1 Å². The standard InChI is InChI=1S/C10H18N4/c1-8(2)5-11-9-3-4-10-12-7-13-14(10)6-9/h7-9,11H,3-6H2,1-2H3. The largest absolute Gasteiger partial charge is 0.312 e. The molecule has 78 valence electrons. The Balaban J connectivity index is 1.88. The quantitative estimate of drug-likeness (QED) is 0.775. The van der Waals surface area contributed by atoms with E-state index in [0.29, 0.717) is 12.0 Å². The molecule has 0 fully saturated rings. The molecule has 0 spiro atoms. The van der Waals surface area contributed by atoms with Crippen LogP contribution in [0.2, 0.25) is 0 Å². The summed E-state index contributed by atoms with van der Waals surface area (Å²) in [5.41, 5.74) is 0. The minimum atomic E-state index is 0.576. The Hall–Kier alpha value is -0.900.